The highest BCUT2D eigenvalue weighted by atomic mass is 32.1. The second-order valence-corrected chi connectivity index (χ2v) is 10.9. The van der Waals surface area contributed by atoms with Crippen LogP contribution in [-0.4, -0.2) is 52.4 Å². The number of rotatable bonds is 9. The molecule has 8 nitrogen and oxygen atoms in total. The number of carbonyl (C=O) groups excluding carboxylic acids is 2. The molecule has 1 atom stereocenters. The standard InChI is InChI=1S/C29H34N4O4S/c1-5-14-32-21-15-19(12-13-22(21)37-17-25(32)34)27(35)18(4)33-24(16-31(6-2)7-3)30-28-26(29(33)36)20-10-8-9-11-23(20)38-28/h5,12-13,15,18H,1,6-11,14,16-17H2,2-4H3. The van der Waals surface area contributed by atoms with E-state index in [-0.39, 0.29) is 23.9 Å². The molecule has 3 aromatic rings. The molecule has 1 aliphatic heterocycles. The average Bonchev–Trinajstić information content (AvgIpc) is 3.31. The molecule has 0 bridgehead atoms. The maximum Gasteiger partial charge on any atom is 0.265 e. The second-order valence-electron chi connectivity index (χ2n) is 9.86. The molecule has 9 heteroatoms. The average molecular weight is 535 g/mol. The van der Waals surface area contributed by atoms with E-state index in [0.29, 0.717) is 41.3 Å². The Bertz CT molecular complexity index is 1470. The molecule has 2 aliphatic rings. The first-order valence-corrected chi connectivity index (χ1v) is 14.2. The molecule has 0 radical (unpaired) electrons. The Morgan fingerprint density at radius 3 is 2.74 bits per heavy atom. The summed E-state index contributed by atoms with van der Waals surface area (Å²) in [5.41, 5.74) is 1.93. The Labute approximate surface area is 226 Å². The van der Waals surface area contributed by atoms with E-state index in [0.717, 1.165) is 49.2 Å². The van der Waals surface area contributed by atoms with Crippen LogP contribution in [0.4, 0.5) is 5.69 Å². The highest BCUT2D eigenvalue weighted by Crippen LogP contribution is 2.36. The summed E-state index contributed by atoms with van der Waals surface area (Å²) >= 11 is 1.63. The van der Waals surface area contributed by atoms with E-state index in [4.69, 9.17) is 9.72 Å². The summed E-state index contributed by atoms with van der Waals surface area (Å²) < 4.78 is 7.19. The third kappa shape index (κ3) is 4.58. The summed E-state index contributed by atoms with van der Waals surface area (Å²) in [6.07, 6.45) is 5.69. The molecular formula is C29H34N4O4S. The zero-order valence-electron chi connectivity index (χ0n) is 22.3. The molecule has 0 saturated carbocycles. The minimum absolute atomic E-state index is 0.0503. The molecule has 1 aromatic carbocycles. The van der Waals surface area contributed by atoms with Crippen molar-refractivity contribution >= 4 is 38.9 Å². The Morgan fingerprint density at radius 1 is 1.24 bits per heavy atom. The van der Waals surface area contributed by atoms with Gasteiger partial charge in [0, 0.05) is 17.0 Å². The number of anilines is 1. The van der Waals surface area contributed by atoms with Crippen molar-refractivity contribution in [3.05, 3.63) is 63.0 Å². The van der Waals surface area contributed by atoms with Gasteiger partial charge in [-0.15, -0.1) is 17.9 Å². The quantitative estimate of drug-likeness (QED) is 0.296. The van der Waals surface area contributed by atoms with Gasteiger partial charge in [-0.25, -0.2) is 4.98 Å². The second kappa shape index (κ2) is 10.8. The van der Waals surface area contributed by atoms with Crippen molar-refractivity contribution in [2.45, 2.75) is 59.0 Å². The number of thiophene rings is 1. The SMILES string of the molecule is C=CCN1C(=O)COc2ccc(C(=O)C(C)n3c(CN(CC)CC)nc4sc5c(c4c3=O)CCCC5)cc21. The number of amides is 1. The zero-order valence-corrected chi connectivity index (χ0v) is 23.1. The van der Waals surface area contributed by atoms with Crippen molar-refractivity contribution in [2.24, 2.45) is 0 Å². The van der Waals surface area contributed by atoms with Crippen molar-refractivity contribution in [1.29, 1.82) is 0 Å². The van der Waals surface area contributed by atoms with E-state index in [1.807, 2.05) is 0 Å². The number of aromatic nitrogens is 2. The molecule has 1 aliphatic carbocycles. The minimum atomic E-state index is -0.768. The molecule has 2 aromatic heterocycles. The smallest absolute Gasteiger partial charge is 0.265 e. The molecule has 1 unspecified atom stereocenters. The molecule has 0 spiro atoms. The number of ketones is 1. The molecule has 200 valence electrons. The lowest BCUT2D eigenvalue weighted by Gasteiger charge is -2.29. The molecular weight excluding hydrogens is 500 g/mol. The van der Waals surface area contributed by atoms with Gasteiger partial charge in [-0.05, 0) is 69.5 Å². The summed E-state index contributed by atoms with van der Waals surface area (Å²) in [5.74, 6) is 0.751. The van der Waals surface area contributed by atoms with E-state index in [1.165, 1.54) is 4.88 Å². The number of carbonyl (C=O) groups is 2. The van der Waals surface area contributed by atoms with Crippen LogP contribution in [0.3, 0.4) is 0 Å². The van der Waals surface area contributed by atoms with E-state index in [1.54, 1.807) is 52.0 Å². The molecule has 5 rings (SSSR count). The van der Waals surface area contributed by atoms with Crippen LogP contribution in [-0.2, 0) is 24.2 Å². The van der Waals surface area contributed by atoms with Gasteiger partial charge in [-0.2, -0.15) is 0 Å². The van der Waals surface area contributed by atoms with Crippen LogP contribution < -0.4 is 15.2 Å². The van der Waals surface area contributed by atoms with Crippen LogP contribution in [0.5, 0.6) is 5.75 Å². The highest BCUT2D eigenvalue weighted by Gasteiger charge is 2.30. The number of nitrogens with zero attached hydrogens (tertiary/aromatic N) is 4. The van der Waals surface area contributed by atoms with Crippen molar-refractivity contribution in [3.63, 3.8) is 0 Å². The van der Waals surface area contributed by atoms with Gasteiger partial charge < -0.3 is 9.64 Å². The van der Waals surface area contributed by atoms with E-state index >= 15 is 0 Å². The van der Waals surface area contributed by atoms with E-state index in [9.17, 15) is 14.4 Å². The first-order valence-electron chi connectivity index (χ1n) is 13.4. The predicted octanol–water partition coefficient (Wildman–Crippen LogP) is 4.53. The van der Waals surface area contributed by atoms with Crippen molar-refractivity contribution in [1.82, 2.24) is 14.5 Å². The molecule has 1 amide bonds. The summed E-state index contributed by atoms with van der Waals surface area (Å²) in [6.45, 7) is 12.0. The third-order valence-electron chi connectivity index (χ3n) is 7.62. The number of hydrogen-bond acceptors (Lipinski definition) is 7. The lowest BCUT2D eigenvalue weighted by atomic mass is 9.97. The van der Waals surface area contributed by atoms with Gasteiger partial charge in [0.1, 0.15) is 16.4 Å². The normalized spacial score (nSPS) is 15.8. The maximum absolute atomic E-state index is 14.1. The Balaban J connectivity index is 1.61. The van der Waals surface area contributed by atoms with Gasteiger partial charge in [-0.1, -0.05) is 19.9 Å². The summed E-state index contributed by atoms with van der Waals surface area (Å²) in [7, 11) is 0. The van der Waals surface area contributed by atoms with Gasteiger partial charge in [0.2, 0.25) is 0 Å². The number of aryl methyl sites for hydroxylation is 2. The fourth-order valence-corrected chi connectivity index (χ4v) is 6.73. The topological polar surface area (TPSA) is 84.7 Å². The van der Waals surface area contributed by atoms with Gasteiger partial charge in [0.15, 0.2) is 12.4 Å². The van der Waals surface area contributed by atoms with Crippen molar-refractivity contribution in [3.8, 4) is 5.75 Å². The van der Waals surface area contributed by atoms with Gasteiger partial charge in [0.05, 0.1) is 23.7 Å². The van der Waals surface area contributed by atoms with Crippen molar-refractivity contribution < 1.29 is 14.3 Å². The summed E-state index contributed by atoms with van der Waals surface area (Å²) in [6, 6.07) is 4.33. The number of hydrogen-bond donors (Lipinski definition) is 0. The van der Waals surface area contributed by atoms with E-state index < -0.39 is 6.04 Å². The molecule has 38 heavy (non-hydrogen) atoms. The molecule has 3 heterocycles. The molecule has 0 fully saturated rings. The lowest BCUT2D eigenvalue weighted by molar-refractivity contribution is -0.121. The van der Waals surface area contributed by atoms with Crippen LogP contribution in [0.1, 0.15) is 66.3 Å². The van der Waals surface area contributed by atoms with Crippen molar-refractivity contribution in [2.75, 3.05) is 31.1 Å². The zero-order chi connectivity index (χ0) is 27.0. The Kier molecular flexibility index (Phi) is 7.49. The number of benzene rings is 1. The van der Waals surface area contributed by atoms with Gasteiger partial charge >= 0.3 is 0 Å². The van der Waals surface area contributed by atoms with Crippen LogP contribution >= 0.6 is 11.3 Å². The number of ether oxygens (including phenoxy) is 1. The number of fused-ring (bicyclic) bond motifs is 4. The minimum Gasteiger partial charge on any atom is -0.482 e. The maximum atomic E-state index is 14.1. The first kappa shape index (κ1) is 26.3. The van der Waals surface area contributed by atoms with Crippen LogP contribution in [0, 0.1) is 0 Å². The fourth-order valence-electron chi connectivity index (χ4n) is 5.46. The fraction of sp³-hybridized carbons (Fsp3) is 0.448. The van der Waals surface area contributed by atoms with Crippen LogP contribution in [0.15, 0.2) is 35.6 Å². The van der Waals surface area contributed by atoms with E-state index in [2.05, 4.69) is 25.3 Å². The lowest BCUT2D eigenvalue weighted by Crippen LogP contribution is -2.39. The van der Waals surface area contributed by atoms with Gasteiger partial charge in [-0.3, -0.25) is 23.9 Å². The van der Waals surface area contributed by atoms with Crippen LogP contribution in [0.2, 0.25) is 0 Å². The highest BCUT2D eigenvalue weighted by molar-refractivity contribution is 7.18. The summed E-state index contributed by atoms with van der Waals surface area (Å²) in [5, 5.41) is 0.675. The summed E-state index contributed by atoms with van der Waals surface area (Å²) in [4.78, 5) is 51.3. The Hall–Kier alpha value is -3.30. The predicted molar refractivity (Wildman–Crippen MR) is 151 cm³/mol. The molecule has 0 N–H and O–H groups in total. The molecule has 0 saturated heterocycles. The monoisotopic (exact) mass is 534 g/mol. The third-order valence-corrected chi connectivity index (χ3v) is 8.80. The van der Waals surface area contributed by atoms with Crippen LogP contribution in [0.25, 0.3) is 10.2 Å². The number of Topliss-reactive ketones (excluding diaryl/α,β-unsaturated/α-hetero) is 1. The largest absolute Gasteiger partial charge is 0.482 e. The first-order chi connectivity index (χ1) is 18.4. The Morgan fingerprint density at radius 2 is 2.00 bits per heavy atom. The van der Waals surface area contributed by atoms with Gasteiger partial charge in [0.25, 0.3) is 11.5 Å².